The average molecular weight is 162 g/mol. The molecule has 43 valence electrons. The average Bonchev–Trinajstić information content (AvgIpc) is 1.76. The van der Waals surface area contributed by atoms with Gasteiger partial charge in [-0.1, -0.05) is 0 Å². The summed E-state index contributed by atoms with van der Waals surface area (Å²) in [6, 6.07) is 3.86. The van der Waals surface area contributed by atoms with Gasteiger partial charge in [-0.15, -0.1) is 5.38 Å². The number of thiophene rings is 1. The molecule has 0 saturated heterocycles. The molecule has 7 heavy (non-hydrogen) atoms. The standard InChI is InChI=1S/C4H3S.CH3.Cu/c1-2-4-5-3-1;;/h1-3H;1H3;/q2*-1;+2. The molecule has 0 bridgehead atoms. The molecule has 2 heteroatoms. The molecule has 0 aliphatic rings. The molecule has 1 radical (unpaired) electrons. The summed E-state index contributed by atoms with van der Waals surface area (Å²) in [5.74, 6) is 0. The van der Waals surface area contributed by atoms with Gasteiger partial charge in [-0.2, -0.15) is 11.4 Å². The second-order valence-electron chi connectivity index (χ2n) is 0.731. The fraction of sp³-hybridized carbons (Fsp3) is 0. The normalized spacial score (nSPS) is 5.71. The fourth-order valence-electron chi connectivity index (χ4n) is 0.196. The predicted octanol–water partition coefficient (Wildman–Crippen LogP) is 2.00. The Kier molecular flexibility index (Phi) is 9.11. The first-order chi connectivity index (χ1) is 2.50. The maximum atomic E-state index is 2.90. The Balaban J connectivity index is 0. The van der Waals surface area contributed by atoms with Crippen molar-refractivity contribution in [3.05, 3.63) is 30.3 Å². The Hall–Kier alpha value is 0.219. The van der Waals surface area contributed by atoms with Gasteiger partial charge < -0.3 is 18.8 Å². The van der Waals surface area contributed by atoms with Crippen LogP contribution in [-0.4, -0.2) is 0 Å². The molecule has 0 fully saturated rings. The van der Waals surface area contributed by atoms with Crippen LogP contribution in [0.15, 0.2) is 17.5 Å². The van der Waals surface area contributed by atoms with Crippen LogP contribution in [0.25, 0.3) is 0 Å². The molecule has 0 spiro atoms. The molecule has 0 saturated carbocycles. The molecule has 0 unspecified atom stereocenters. The van der Waals surface area contributed by atoms with E-state index in [-0.39, 0.29) is 24.5 Å². The van der Waals surface area contributed by atoms with Crippen LogP contribution >= 0.6 is 11.3 Å². The monoisotopic (exact) mass is 161 g/mol. The SMILES string of the molecule is [CH3-].[Cu+2].[c-]1cccs1. The zero-order valence-electron chi connectivity index (χ0n) is 3.94. The Morgan fingerprint density at radius 3 is 2.29 bits per heavy atom. The minimum Gasteiger partial charge on any atom is -0.358 e. The van der Waals surface area contributed by atoms with Crippen LogP contribution < -0.4 is 0 Å². The van der Waals surface area contributed by atoms with Gasteiger partial charge >= 0.3 is 17.1 Å². The molecular formula is C5H6CuS. The van der Waals surface area contributed by atoms with E-state index in [9.17, 15) is 0 Å². The van der Waals surface area contributed by atoms with Crippen LogP contribution in [0.4, 0.5) is 0 Å². The summed E-state index contributed by atoms with van der Waals surface area (Å²) in [5.41, 5.74) is 0. The van der Waals surface area contributed by atoms with Gasteiger partial charge in [-0.3, -0.25) is 0 Å². The Bertz CT molecular complexity index is 64.6. The van der Waals surface area contributed by atoms with E-state index in [0.29, 0.717) is 0 Å². The van der Waals surface area contributed by atoms with Crippen molar-refractivity contribution in [2.75, 3.05) is 0 Å². The second-order valence-corrected chi connectivity index (χ2v) is 1.47. The second kappa shape index (κ2) is 6.22. The topological polar surface area (TPSA) is 0 Å². The van der Waals surface area contributed by atoms with Crippen LogP contribution in [0.3, 0.4) is 0 Å². The fourth-order valence-corrected chi connectivity index (χ4v) is 0.589. The van der Waals surface area contributed by atoms with E-state index >= 15 is 0 Å². The van der Waals surface area contributed by atoms with Gasteiger partial charge in [0.15, 0.2) is 0 Å². The van der Waals surface area contributed by atoms with Crippen molar-refractivity contribution in [1.29, 1.82) is 0 Å². The maximum absolute atomic E-state index is 2.90. The summed E-state index contributed by atoms with van der Waals surface area (Å²) < 4.78 is 0. The van der Waals surface area contributed by atoms with Gasteiger partial charge in [0.25, 0.3) is 0 Å². The molecule has 1 rings (SSSR count). The van der Waals surface area contributed by atoms with Crippen LogP contribution in [-0.2, 0) is 17.1 Å². The molecule has 1 aromatic heterocycles. The zero-order chi connectivity index (χ0) is 3.54. The van der Waals surface area contributed by atoms with Gasteiger partial charge in [0.05, 0.1) is 0 Å². The summed E-state index contributed by atoms with van der Waals surface area (Å²) >= 11 is 1.59. The van der Waals surface area contributed by atoms with Crippen molar-refractivity contribution >= 4 is 11.3 Å². The largest absolute Gasteiger partial charge is 2.00 e. The molecule has 0 amide bonds. The molecule has 0 aliphatic heterocycles. The van der Waals surface area contributed by atoms with Crippen molar-refractivity contribution in [2.24, 2.45) is 0 Å². The van der Waals surface area contributed by atoms with Crippen LogP contribution in [0, 0.1) is 12.8 Å². The number of rotatable bonds is 0. The first kappa shape index (κ1) is 10.3. The third-order valence-corrected chi connectivity index (χ3v) is 0.944. The summed E-state index contributed by atoms with van der Waals surface area (Å²) in [4.78, 5) is 0. The summed E-state index contributed by atoms with van der Waals surface area (Å²) in [6.45, 7) is 0. The first-order valence-electron chi connectivity index (χ1n) is 1.40. The van der Waals surface area contributed by atoms with E-state index in [1.54, 1.807) is 11.3 Å². The summed E-state index contributed by atoms with van der Waals surface area (Å²) in [7, 11) is 0. The minimum atomic E-state index is 0. The Labute approximate surface area is 59.0 Å². The number of hydrogen-bond donors (Lipinski definition) is 0. The van der Waals surface area contributed by atoms with Gasteiger partial charge in [-0.25, -0.2) is 6.07 Å². The van der Waals surface area contributed by atoms with Crippen molar-refractivity contribution in [3.8, 4) is 0 Å². The van der Waals surface area contributed by atoms with Gasteiger partial charge in [0.1, 0.15) is 0 Å². The summed E-state index contributed by atoms with van der Waals surface area (Å²) in [5, 5.41) is 4.89. The number of hydrogen-bond acceptors (Lipinski definition) is 1. The summed E-state index contributed by atoms with van der Waals surface area (Å²) in [6.07, 6.45) is 0. The molecule has 1 aromatic rings. The predicted molar refractivity (Wildman–Crippen MR) is 29.6 cm³/mol. The zero-order valence-corrected chi connectivity index (χ0v) is 5.70. The first-order valence-corrected chi connectivity index (χ1v) is 2.27. The van der Waals surface area contributed by atoms with E-state index in [1.165, 1.54) is 0 Å². The van der Waals surface area contributed by atoms with Crippen molar-refractivity contribution in [1.82, 2.24) is 0 Å². The van der Waals surface area contributed by atoms with Gasteiger partial charge in [0.2, 0.25) is 0 Å². The molecule has 0 nitrogen and oxygen atoms in total. The van der Waals surface area contributed by atoms with Crippen molar-refractivity contribution < 1.29 is 17.1 Å². The molecule has 0 aliphatic carbocycles. The van der Waals surface area contributed by atoms with E-state index in [0.717, 1.165) is 0 Å². The molecule has 0 N–H and O–H groups in total. The molecular weight excluding hydrogens is 156 g/mol. The van der Waals surface area contributed by atoms with Gasteiger partial charge in [-0.05, 0) is 0 Å². The van der Waals surface area contributed by atoms with Crippen LogP contribution in [0.1, 0.15) is 0 Å². The molecule has 0 atom stereocenters. The van der Waals surface area contributed by atoms with E-state index in [2.05, 4.69) is 5.38 Å². The maximum Gasteiger partial charge on any atom is 2.00 e. The van der Waals surface area contributed by atoms with E-state index < -0.39 is 0 Å². The van der Waals surface area contributed by atoms with Crippen LogP contribution in [0.2, 0.25) is 0 Å². The van der Waals surface area contributed by atoms with Crippen molar-refractivity contribution in [3.63, 3.8) is 0 Å². The van der Waals surface area contributed by atoms with E-state index in [4.69, 9.17) is 0 Å². The third kappa shape index (κ3) is 4.06. The third-order valence-electron chi connectivity index (χ3n) is 0.379. The quantitative estimate of drug-likeness (QED) is 0.404. The molecule has 0 aromatic carbocycles. The minimum absolute atomic E-state index is 0. The van der Waals surface area contributed by atoms with Crippen molar-refractivity contribution in [2.45, 2.75) is 0 Å². The Morgan fingerprint density at radius 2 is 2.14 bits per heavy atom. The van der Waals surface area contributed by atoms with Crippen LogP contribution in [0.5, 0.6) is 0 Å². The van der Waals surface area contributed by atoms with Gasteiger partial charge in [0, 0.05) is 0 Å². The molecule has 1 heterocycles. The Morgan fingerprint density at radius 1 is 1.43 bits per heavy atom. The van der Waals surface area contributed by atoms with E-state index in [1.807, 2.05) is 17.5 Å². The smallest absolute Gasteiger partial charge is 0.358 e.